The molecule has 162 valence electrons. The minimum Gasteiger partial charge on any atom is -0.337 e. The van der Waals surface area contributed by atoms with E-state index in [4.69, 9.17) is 0 Å². The molecule has 1 fully saturated rings. The van der Waals surface area contributed by atoms with E-state index in [0.717, 1.165) is 10.0 Å². The van der Waals surface area contributed by atoms with Crippen LogP contribution in [0, 0.1) is 0 Å². The van der Waals surface area contributed by atoms with Crippen LogP contribution in [0.15, 0.2) is 59.1 Å². The van der Waals surface area contributed by atoms with Crippen molar-refractivity contribution < 1.29 is 13.2 Å². The fraction of sp³-hybridized carbons (Fsp3) is 0.409. The number of benzene rings is 2. The highest BCUT2D eigenvalue weighted by Gasteiger charge is 2.26. The lowest BCUT2D eigenvalue weighted by atomic mass is 10.0. The van der Waals surface area contributed by atoms with Crippen LogP contribution in [0.25, 0.3) is 0 Å². The molecule has 1 aliphatic rings. The van der Waals surface area contributed by atoms with Crippen molar-refractivity contribution in [2.45, 2.75) is 12.8 Å². The highest BCUT2D eigenvalue weighted by molar-refractivity contribution is 9.10. The van der Waals surface area contributed by atoms with Gasteiger partial charge < -0.3 is 10.2 Å². The van der Waals surface area contributed by atoms with Gasteiger partial charge in [-0.3, -0.25) is 4.79 Å². The van der Waals surface area contributed by atoms with E-state index >= 15 is 0 Å². The Morgan fingerprint density at radius 1 is 1.10 bits per heavy atom. The van der Waals surface area contributed by atoms with E-state index in [2.05, 4.69) is 28.2 Å². The van der Waals surface area contributed by atoms with Crippen molar-refractivity contribution in [3.05, 3.63) is 70.2 Å². The van der Waals surface area contributed by atoms with E-state index < -0.39 is 10.0 Å². The topological polar surface area (TPSA) is 69.7 Å². The Morgan fingerprint density at radius 3 is 2.37 bits per heavy atom. The normalized spacial score (nSPS) is 16.2. The minimum atomic E-state index is -3.41. The van der Waals surface area contributed by atoms with E-state index in [-0.39, 0.29) is 24.1 Å². The van der Waals surface area contributed by atoms with Gasteiger partial charge in [-0.05, 0) is 35.7 Å². The summed E-state index contributed by atoms with van der Waals surface area (Å²) in [6.45, 7) is 4.95. The van der Waals surface area contributed by atoms with Gasteiger partial charge in [0.2, 0.25) is 10.0 Å². The molecule has 0 spiro atoms. The van der Waals surface area contributed by atoms with Crippen molar-refractivity contribution in [1.82, 2.24) is 14.5 Å². The van der Waals surface area contributed by atoms with Gasteiger partial charge in [0.15, 0.2) is 0 Å². The third kappa shape index (κ3) is 6.14. The Kier molecular flexibility index (Phi) is 8.05. The number of piperazine rings is 1. The Balaban J connectivity index is 1.76. The number of halogens is 1. The van der Waals surface area contributed by atoms with Gasteiger partial charge in [-0.2, -0.15) is 4.31 Å². The monoisotopic (exact) mass is 493 g/mol. The van der Waals surface area contributed by atoms with Gasteiger partial charge in [0, 0.05) is 49.3 Å². The molecule has 1 unspecified atom stereocenters. The van der Waals surface area contributed by atoms with Gasteiger partial charge in [0.25, 0.3) is 5.91 Å². The number of nitrogens with one attached hydrogen (secondary N) is 1. The van der Waals surface area contributed by atoms with Crippen LogP contribution >= 0.6 is 15.9 Å². The van der Waals surface area contributed by atoms with Gasteiger partial charge in [-0.25, -0.2) is 8.42 Å². The Labute approximate surface area is 187 Å². The molecule has 2 aromatic rings. The summed E-state index contributed by atoms with van der Waals surface area (Å²) in [5, 5.41) is 3.17. The zero-order chi connectivity index (χ0) is 21.6. The smallest absolute Gasteiger partial charge is 0.253 e. The van der Waals surface area contributed by atoms with E-state index in [9.17, 15) is 13.2 Å². The summed E-state index contributed by atoms with van der Waals surface area (Å²) in [7, 11) is -3.41. The first kappa shape index (κ1) is 22.9. The molecule has 1 atom stereocenters. The predicted molar refractivity (Wildman–Crippen MR) is 123 cm³/mol. The zero-order valence-corrected chi connectivity index (χ0v) is 19.5. The maximum atomic E-state index is 13.2. The summed E-state index contributed by atoms with van der Waals surface area (Å²) in [5.41, 5.74) is 1.68. The van der Waals surface area contributed by atoms with Crippen molar-refractivity contribution in [2.75, 3.05) is 45.0 Å². The summed E-state index contributed by atoms with van der Waals surface area (Å²) >= 11 is 3.39. The lowest BCUT2D eigenvalue weighted by molar-refractivity contribution is 0.0757. The molecule has 0 bridgehead atoms. The highest BCUT2D eigenvalue weighted by atomic mass is 79.9. The molecule has 1 amide bonds. The number of nitrogens with zero attached hydrogens (tertiary/aromatic N) is 2. The van der Waals surface area contributed by atoms with Crippen LogP contribution in [-0.4, -0.2) is 68.6 Å². The molecular weight excluding hydrogens is 466 g/mol. The van der Waals surface area contributed by atoms with Gasteiger partial charge in [-0.1, -0.05) is 53.2 Å². The van der Waals surface area contributed by atoms with Crippen LogP contribution in [0.4, 0.5) is 0 Å². The SMILES string of the molecule is CC(CN(CCS(=O)(=O)N1CCNCC1)C(=O)c1ccc(Br)cc1)c1ccccc1. The second kappa shape index (κ2) is 10.5. The molecule has 0 saturated carbocycles. The lowest BCUT2D eigenvalue weighted by Crippen LogP contribution is -2.48. The fourth-order valence-corrected chi connectivity index (χ4v) is 5.26. The van der Waals surface area contributed by atoms with Crippen molar-refractivity contribution in [3.8, 4) is 0 Å². The number of amides is 1. The molecule has 1 aliphatic heterocycles. The lowest BCUT2D eigenvalue weighted by Gasteiger charge is -2.30. The molecule has 1 saturated heterocycles. The maximum absolute atomic E-state index is 13.2. The number of carbonyl (C=O) groups is 1. The first-order chi connectivity index (χ1) is 14.4. The summed E-state index contributed by atoms with van der Waals surface area (Å²) in [6.07, 6.45) is 0. The average molecular weight is 494 g/mol. The largest absolute Gasteiger partial charge is 0.337 e. The molecule has 2 aromatic carbocycles. The van der Waals surface area contributed by atoms with Gasteiger partial charge >= 0.3 is 0 Å². The van der Waals surface area contributed by atoms with Crippen LogP contribution in [-0.2, 0) is 10.0 Å². The standard InChI is InChI=1S/C22H28BrN3O3S/c1-18(19-5-3-2-4-6-19)17-25(22(27)20-7-9-21(23)10-8-20)15-16-30(28,29)26-13-11-24-12-14-26/h2-10,18,24H,11-17H2,1H3. The van der Waals surface area contributed by atoms with Gasteiger partial charge in [0.1, 0.15) is 0 Å². The fourth-order valence-electron chi connectivity index (χ4n) is 3.55. The molecule has 8 heteroatoms. The molecule has 1 N–H and O–H groups in total. The number of hydrogen-bond donors (Lipinski definition) is 1. The quantitative estimate of drug-likeness (QED) is 0.613. The van der Waals surface area contributed by atoms with E-state index in [1.54, 1.807) is 17.0 Å². The van der Waals surface area contributed by atoms with E-state index in [1.807, 2.05) is 42.5 Å². The molecule has 0 aliphatic carbocycles. The van der Waals surface area contributed by atoms with Crippen LogP contribution in [0.1, 0.15) is 28.8 Å². The van der Waals surface area contributed by atoms with Crippen LogP contribution in [0.2, 0.25) is 0 Å². The molecular formula is C22H28BrN3O3S. The number of hydrogen-bond acceptors (Lipinski definition) is 4. The number of sulfonamides is 1. The van der Waals surface area contributed by atoms with Crippen LogP contribution in [0.3, 0.4) is 0 Å². The average Bonchev–Trinajstić information content (AvgIpc) is 2.77. The zero-order valence-electron chi connectivity index (χ0n) is 17.1. The Morgan fingerprint density at radius 2 is 1.73 bits per heavy atom. The minimum absolute atomic E-state index is 0.0726. The Hall–Kier alpha value is -1.74. The maximum Gasteiger partial charge on any atom is 0.253 e. The van der Waals surface area contributed by atoms with Crippen molar-refractivity contribution in [3.63, 3.8) is 0 Å². The molecule has 0 aromatic heterocycles. The second-order valence-electron chi connectivity index (χ2n) is 7.53. The van der Waals surface area contributed by atoms with Gasteiger partial charge in [0.05, 0.1) is 5.75 Å². The molecule has 6 nitrogen and oxygen atoms in total. The van der Waals surface area contributed by atoms with E-state index in [1.165, 1.54) is 4.31 Å². The molecule has 30 heavy (non-hydrogen) atoms. The summed E-state index contributed by atoms with van der Waals surface area (Å²) < 4.78 is 28.0. The van der Waals surface area contributed by atoms with E-state index in [0.29, 0.717) is 38.3 Å². The number of rotatable bonds is 8. The molecule has 3 rings (SSSR count). The molecule has 1 heterocycles. The first-order valence-electron chi connectivity index (χ1n) is 10.1. The number of carbonyl (C=O) groups excluding carboxylic acids is 1. The summed E-state index contributed by atoms with van der Waals surface area (Å²) in [5.74, 6) is -0.134. The Bertz CT molecular complexity index is 930. The summed E-state index contributed by atoms with van der Waals surface area (Å²) in [4.78, 5) is 14.9. The van der Waals surface area contributed by atoms with Crippen molar-refractivity contribution in [2.24, 2.45) is 0 Å². The summed E-state index contributed by atoms with van der Waals surface area (Å²) in [6, 6.07) is 17.1. The van der Waals surface area contributed by atoms with Crippen LogP contribution in [0.5, 0.6) is 0 Å². The third-order valence-electron chi connectivity index (χ3n) is 5.33. The first-order valence-corrected chi connectivity index (χ1v) is 12.6. The van der Waals surface area contributed by atoms with Crippen molar-refractivity contribution in [1.29, 1.82) is 0 Å². The molecule has 0 radical (unpaired) electrons. The third-order valence-corrected chi connectivity index (χ3v) is 7.71. The highest BCUT2D eigenvalue weighted by Crippen LogP contribution is 2.19. The predicted octanol–water partition coefficient (Wildman–Crippen LogP) is 2.93. The van der Waals surface area contributed by atoms with Gasteiger partial charge in [-0.15, -0.1) is 0 Å². The van der Waals surface area contributed by atoms with Crippen molar-refractivity contribution >= 4 is 31.9 Å². The van der Waals surface area contributed by atoms with Crippen LogP contribution < -0.4 is 5.32 Å². The second-order valence-corrected chi connectivity index (χ2v) is 10.5.